The highest BCUT2D eigenvalue weighted by atomic mass is 32.2. The Hall–Kier alpha value is -0.220. The van der Waals surface area contributed by atoms with Gasteiger partial charge in [0.15, 0.2) is 0 Å². The lowest BCUT2D eigenvalue weighted by atomic mass is 10.0. The van der Waals surface area contributed by atoms with Gasteiger partial charge in [0.1, 0.15) is 0 Å². The average molecular weight is 228 g/mol. The summed E-state index contributed by atoms with van der Waals surface area (Å²) in [5.41, 5.74) is 5.73. The molecule has 2 rings (SSSR count). The van der Waals surface area contributed by atoms with Crippen LogP contribution in [-0.4, -0.2) is 40.9 Å². The molecule has 2 fully saturated rings. The molecule has 0 aromatic carbocycles. The van der Waals surface area contributed by atoms with Crippen molar-refractivity contribution in [2.24, 2.45) is 5.73 Å². The van der Waals surface area contributed by atoms with E-state index in [4.69, 9.17) is 5.73 Å². The van der Waals surface area contributed by atoms with Crippen LogP contribution >= 0.6 is 11.8 Å². The zero-order valence-electron chi connectivity index (χ0n) is 9.15. The van der Waals surface area contributed by atoms with Crippen LogP contribution in [0.2, 0.25) is 0 Å². The number of carbonyl (C=O) groups excluding carboxylic acids is 1. The standard InChI is InChI=1S/C11H20N2OS/c12-8-9-4-1-2-6-13(9)11(14)10-5-3-7-15-10/h9-10H,1-8,12H2. The highest BCUT2D eigenvalue weighted by Gasteiger charge is 2.32. The van der Waals surface area contributed by atoms with E-state index in [9.17, 15) is 4.79 Å². The second-order valence-corrected chi connectivity index (χ2v) is 5.73. The van der Waals surface area contributed by atoms with Gasteiger partial charge in [-0.15, -0.1) is 11.8 Å². The largest absolute Gasteiger partial charge is 0.337 e. The second-order valence-electron chi connectivity index (χ2n) is 4.42. The van der Waals surface area contributed by atoms with Crippen molar-refractivity contribution in [3.05, 3.63) is 0 Å². The van der Waals surface area contributed by atoms with Crippen LogP contribution in [0, 0.1) is 0 Å². The van der Waals surface area contributed by atoms with Crippen molar-refractivity contribution in [1.82, 2.24) is 4.90 Å². The number of thioether (sulfide) groups is 1. The molecule has 0 saturated carbocycles. The van der Waals surface area contributed by atoms with Crippen LogP contribution in [0.3, 0.4) is 0 Å². The normalized spacial score (nSPS) is 31.9. The molecule has 0 aromatic rings. The van der Waals surface area contributed by atoms with Gasteiger partial charge in [0.2, 0.25) is 5.91 Å². The number of hydrogen-bond acceptors (Lipinski definition) is 3. The van der Waals surface area contributed by atoms with Crippen LogP contribution < -0.4 is 5.73 Å². The Bertz CT molecular complexity index is 229. The minimum absolute atomic E-state index is 0.233. The minimum Gasteiger partial charge on any atom is -0.337 e. The third-order valence-corrected chi connectivity index (χ3v) is 4.75. The molecule has 86 valence electrons. The molecule has 3 nitrogen and oxygen atoms in total. The van der Waals surface area contributed by atoms with Gasteiger partial charge in [-0.25, -0.2) is 0 Å². The lowest BCUT2D eigenvalue weighted by Gasteiger charge is -2.36. The molecule has 2 aliphatic heterocycles. The number of piperidine rings is 1. The number of amides is 1. The third kappa shape index (κ3) is 2.48. The molecular weight excluding hydrogens is 208 g/mol. The summed E-state index contributed by atoms with van der Waals surface area (Å²) in [5, 5.41) is 0.233. The minimum atomic E-state index is 0.233. The van der Waals surface area contributed by atoms with E-state index in [1.54, 1.807) is 0 Å². The SMILES string of the molecule is NCC1CCCCN1C(=O)C1CCCS1. The first kappa shape index (κ1) is 11.3. The van der Waals surface area contributed by atoms with E-state index in [1.807, 2.05) is 16.7 Å². The van der Waals surface area contributed by atoms with E-state index in [-0.39, 0.29) is 5.25 Å². The lowest BCUT2D eigenvalue weighted by molar-refractivity contribution is -0.134. The van der Waals surface area contributed by atoms with Crippen LogP contribution in [0.4, 0.5) is 0 Å². The number of carbonyl (C=O) groups is 1. The van der Waals surface area contributed by atoms with E-state index in [0.717, 1.165) is 31.6 Å². The molecular formula is C11H20N2OS. The van der Waals surface area contributed by atoms with Gasteiger partial charge in [-0.2, -0.15) is 0 Å². The Balaban J connectivity index is 1.96. The number of likely N-dealkylation sites (tertiary alicyclic amines) is 1. The summed E-state index contributed by atoms with van der Waals surface area (Å²) < 4.78 is 0. The number of nitrogens with zero attached hydrogens (tertiary/aromatic N) is 1. The van der Waals surface area contributed by atoms with E-state index in [1.165, 1.54) is 12.8 Å². The maximum absolute atomic E-state index is 12.2. The van der Waals surface area contributed by atoms with Crippen molar-refractivity contribution in [2.75, 3.05) is 18.8 Å². The number of hydrogen-bond donors (Lipinski definition) is 1. The molecule has 1 amide bonds. The summed E-state index contributed by atoms with van der Waals surface area (Å²) in [6.45, 7) is 1.56. The Labute approximate surface area is 95.8 Å². The van der Waals surface area contributed by atoms with E-state index < -0.39 is 0 Å². The summed E-state index contributed by atoms with van der Waals surface area (Å²) in [7, 11) is 0. The van der Waals surface area contributed by atoms with Crippen LogP contribution in [0.5, 0.6) is 0 Å². The maximum Gasteiger partial charge on any atom is 0.235 e. The van der Waals surface area contributed by atoms with Gasteiger partial charge in [0, 0.05) is 19.1 Å². The molecule has 0 spiro atoms. The fourth-order valence-corrected chi connectivity index (χ4v) is 3.72. The van der Waals surface area contributed by atoms with E-state index in [0.29, 0.717) is 18.5 Å². The molecule has 2 aliphatic rings. The lowest BCUT2D eigenvalue weighted by Crippen LogP contribution is -2.50. The molecule has 4 heteroatoms. The first-order chi connectivity index (χ1) is 7.33. The Morgan fingerprint density at radius 1 is 1.33 bits per heavy atom. The van der Waals surface area contributed by atoms with Crippen LogP contribution in [0.25, 0.3) is 0 Å². The number of rotatable bonds is 2. The molecule has 2 unspecified atom stereocenters. The smallest absolute Gasteiger partial charge is 0.235 e. The Morgan fingerprint density at radius 2 is 2.20 bits per heavy atom. The maximum atomic E-state index is 12.2. The van der Waals surface area contributed by atoms with Gasteiger partial charge < -0.3 is 10.6 Å². The van der Waals surface area contributed by atoms with Crippen molar-refractivity contribution in [2.45, 2.75) is 43.4 Å². The number of nitrogens with two attached hydrogens (primary N) is 1. The molecule has 0 bridgehead atoms. The quantitative estimate of drug-likeness (QED) is 0.773. The highest BCUT2D eigenvalue weighted by molar-refractivity contribution is 8.00. The summed E-state index contributed by atoms with van der Waals surface area (Å²) in [5.74, 6) is 1.50. The molecule has 0 radical (unpaired) electrons. The molecule has 2 atom stereocenters. The van der Waals surface area contributed by atoms with Crippen molar-refractivity contribution < 1.29 is 4.79 Å². The average Bonchev–Trinajstić information content (AvgIpc) is 2.81. The zero-order chi connectivity index (χ0) is 10.7. The van der Waals surface area contributed by atoms with Crippen LogP contribution in [0.15, 0.2) is 0 Å². The molecule has 0 aliphatic carbocycles. The van der Waals surface area contributed by atoms with Crippen LogP contribution in [-0.2, 0) is 4.79 Å². The Kier molecular flexibility index (Phi) is 3.92. The topological polar surface area (TPSA) is 46.3 Å². The van der Waals surface area contributed by atoms with Crippen molar-refractivity contribution in [3.63, 3.8) is 0 Å². The molecule has 2 heterocycles. The van der Waals surface area contributed by atoms with Gasteiger partial charge in [0.05, 0.1) is 5.25 Å². The molecule has 15 heavy (non-hydrogen) atoms. The second kappa shape index (κ2) is 5.21. The predicted octanol–water partition coefficient (Wildman–Crippen LogP) is 1.22. The van der Waals surface area contributed by atoms with Gasteiger partial charge >= 0.3 is 0 Å². The summed E-state index contributed by atoms with van der Waals surface area (Å²) in [6, 6.07) is 0.312. The molecule has 0 aromatic heterocycles. The molecule has 2 saturated heterocycles. The van der Waals surface area contributed by atoms with Crippen LogP contribution in [0.1, 0.15) is 32.1 Å². The third-order valence-electron chi connectivity index (χ3n) is 3.39. The van der Waals surface area contributed by atoms with Crippen molar-refractivity contribution >= 4 is 17.7 Å². The summed E-state index contributed by atoms with van der Waals surface area (Å²) in [4.78, 5) is 14.3. The first-order valence-corrected chi connectivity index (χ1v) is 7.00. The first-order valence-electron chi connectivity index (χ1n) is 5.95. The fraction of sp³-hybridized carbons (Fsp3) is 0.909. The fourth-order valence-electron chi connectivity index (χ4n) is 2.49. The summed E-state index contributed by atoms with van der Waals surface area (Å²) in [6.07, 6.45) is 5.74. The summed E-state index contributed by atoms with van der Waals surface area (Å²) >= 11 is 1.82. The van der Waals surface area contributed by atoms with Crippen molar-refractivity contribution in [3.8, 4) is 0 Å². The zero-order valence-corrected chi connectivity index (χ0v) is 9.97. The highest BCUT2D eigenvalue weighted by Crippen LogP contribution is 2.29. The van der Waals surface area contributed by atoms with Gasteiger partial charge in [-0.05, 0) is 37.9 Å². The van der Waals surface area contributed by atoms with E-state index >= 15 is 0 Å². The monoisotopic (exact) mass is 228 g/mol. The van der Waals surface area contributed by atoms with E-state index in [2.05, 4.69) is 0 Å². The van der Waals surface area contributed by atoms with Crippen molar-refractivity contribution in [1.29, 1.82) is 0 Å². The molecule has 2 N–H and O–H groups in total. The van der Waals surface area contributed by atoms with Gasteiger partial charge in [-0.3, -0.25) is 4.79 Å². The van der Waals surface area contributed by atoms with Gasteiger partial charge in [-0.1, -0.05) is 0 Å². The Morgan fingerprint density at radius 3 is 2.87 bits per heavy atom. The predicted molar refractivity (Wildman–Crippen MR) is 63.9 cm³/mol. The van der Waals surface area contributed by atoms with Gasteiger partial charge in [0.25, 0.3) is 0 Å².